The molecule has 98 valence electrons. The lowest BCUT2D eigenvalue weighted by atomic mass is 10.1. The van der Waals surface area contributed by atoms with Crippen LogP contribution in [0, 0.1) is 5.92 Å². The van der Waals surface area contributed by atoms with Crippen LogP contribution in [0.15, 0.2) is 23.2 Å². The summed E-state index contributed by atoms with van der Waals surface area (Å²) in [6.07, 6.45) is 1.12. The van der Waals surface area contributed by atoms with Crippen LogP contribution in [0.5, 0.6) is 0 Å². The molecule has 2 rings (SSSR count). The lowest BCUT2D eigenvalue weighted by Crippen LogP contribution is -2.08. The van der Waals surface area contributed by atoms with Gasteiger partial charge in [-0.2, -0.15) is 0 Å². The Morgan fingerprint density at radius 3 is 2.67 bits per heavy atom. The van der Waals surface area contributed by atoms with Gasteiger partial charge in [-0.15, -0.1) is 0 Å². The van der Waals surface area contributed by atoms with Crippen LogP contribution in [-0.4, -0.2) is 17.0 Å². The number of rotatable bonds is 3. The highest BCUT2D eigenvalue weighted by molar-refractivity contribution is 8.14. The van der Waals surface area contributed by atoms with Gasteiger partial charge in [0, 0.05) is 5.75 Å². The first-order valence-electron chi connectivity index (χ1n) is 5.98. The topological polar surface area (TPSA) is 24.4 Å². The van der Waals surface area contributed by atoms with Gasteiger partial charge >= 0.3 is 0 Å². The van der Waals surface area contributed by atoms with Gasteiger partial charge in [-0.05, 0) is 24.5 Å². The number of nitrogens with one attached hydrogen (secondary N) is 1. The van der Waals surface area contributed by atoms with E-state index in [-0.39, 0.29) is 0 Å². The van der Waals surface area contributed by atoms with Gasteiger partial charge in [-0.25, -0.2) is 0 Å². The molecule has 0 saturated heterocycles. The van der Waals surface area contributed by atoms with Gasteiger partial charge in [0.1, 0.15) is 0 Å². The summed E-state index contributed by atoms with van der Waals surface area (Å²) in [5.41, 5.74) is 0.747. The van der Waals surface area contributed by atoms with Gasteiger partial charge in [0.2, 0.25) is 0 Å². The molecule has 1 N–H and O–H groups in total. The maximum Gasteiger partial charge on any atom is 0.161 e. The Kier molecular flexibility index (Phi) is 4.82. The average molecular weight is 303 g/mol. The number of benzene rings is 1. The summed E-state index contributed by atoms with van der Waals surface area (Å²) in [4.78, 5) is 4.66. The molecule has 1 aliphatic heterocycles. The minimum atomic E-state index is 0.402. The van der Waals surface area contributed by atoms with Crippen LogP contribution in [0.3, 0.4) is 0 Å². The van der Waals surface area contributed by atoms with Crippen molar-refractivity contribution >= 4 is 45.8 Å². The molecule has 1 unspecified atom stereocenters. The van der Waals surface area contributed by atoms with Gasteiger partial charge in [-0.1, -0.05) is 54.9 Å². The first-order chi connectivity index (χ1) is 8.56. The molecule has 1 aromatic rings. The van der Waals surface area contributed by atoms with E-state index in [0.29, 0.717) is 22.0 Å². The maximum atomic E-state index is 6.12. The molecule has 5 heteroatoms. The summed E-state index contributed by atoms with van der Waals surface area (Å²) in [6, 6.07) is 5.88. The first kappa shape index (κ1) is 14.0. The van der Waals surface area contributed by atoms with Crippen molar-refractivity contribution in [3.63, 3.8) is 0 Å². The quantitative estimate of drug-likeness (QED) is 0.857. The van der Waals surface area contributed by atoms with E-state index < -0.39 is 0 Å². The molecule has 1 aromatic carbocycles. The molecule has 0 radical (unpaired) electrons. The lowest BCUT2D eigenvalue weighted by molar-refractivity contribution is 0.529. The van der Waals surface area contributed by atoms with Crippen molar-refractivity contribution < 1.29 is 0 Å². The summed E-state index contributed by atoms with van der Waals surface area (Å²) in [5.74, 6) is 1.70. The van der Waals surface area contributed by atoms with Gasteiger partial charge in [0.15, 0.2) is 5.17 Å². The Hall–Kier alpha value is -0.380. The predicted octanol–water partition coefficient (Wildman–Crippen LogP) is 4.92. The monoisotopic (exact) mass is 302 g/mol. The highest BCUT2D eigenvalue weighted by Gasteiger charge is 2.20. The van der Waals surface area contributed by atoms with Gasteiger partial charge in [0.25, 0.3) is 0 Å². The summed E-state index contributed by atoms with van der Waals surface area (Å²) < 4.78 is 0. The highest BCUT2D eigenvalue weighted by Crippen LogP contribution is 2.32. The van der Waals surface area contributed by atoms with Crippen molar-refractivity contribution in [1.29, 1.82) is 0 Å². The molecular weight excluding hydrogens is 287 g/mol. The number of nitrogens with zero attached hydrogens (tertiary/aromatic N) is 1. The molecule has 0 amide bonds. The van der Waals surface area contributed by atoms with Crippen LogP contribution < -0.4 is 5.32 Å². The van der Waals surface area contributed by atoms with E-state index in [2.05, 4.69) is 24.2 Å². The second-order valence-electron chi connectivity index (χ2n) is 4.75. The number of thioether (sulfide) groups is 1. The Bertz CT molecular complexity index is 440. The van der Waals surface area contributed by atoms with Crippen molar-refractivity contribution in [1.82, 2.24) is 0 Å². The second-order valence-corrected chi connectivity index (χ2v) is 6.57. The molecule has 0 aromatic heterocycles. The van der Waals surface area contributed by atoms with Crippen LogP contribution in [0.1, 0.15) is 20.3 Å². The summed E-state index contributed by atoms with van der Waals surface area (Å²) in [6.45, 7) is 4.44. The van der Waals surface area contributed by atoms with E-state index >= 15 is 0 Å². The average Bonchev–Trinajstić information content (AvgIpc) is 2.70. The fraction of sp³-hybridized carbons (Fsp3) is 0.462. The third kappa shape index (κ3) is 3.56. The summed E-state index contributed by atoms with van der Waals surface area (Å²) >= 11 is 14.0. The number of aliphatic imine (C=N–C) groups is 1. The zero-order chi connectivity index (χ0) is 13.1. The number of halogens is 2. The predicted molar refractivity (Wildman–Crippen MR) is 83.2 cm³/mol. The molecule has 1 aliphatic rings. The molecule has 0 fully saturated rings. The third-order valence-corrected chi connectivity index (χ3v) is 4.31. The lowest BCUT2D eigenvalue weighted by Gasteiger charge is -2.09. The van der Waals surface area contributed by atoms with Gasteiger partial charge < -0.3 is 5.32 Å². The molecule has 18 heavy (non-hydrogen) atoms. The van der Waals surface area contributed by atoms with E-state index in [0.717, 1.165) is 23.0 Å². The molecule has 0 bridgehead atoms. The van der Waals surface area contributed by atoms with Crippen LogP contribution in [0.4, 0.5) is 5.69 Å². The molecule has 0 aliphatic carbocycles. The normalized spacial score (nSPS) is 19.2. The SMILES string of the molecule is CC(C)CC1CSC(Nc2c(Cl)cccc2Cl)=N1. The van der Waals surface area contributed by atoms with Crippen molar-refractivity contribution in [2.75, 3.05) is 11.1 Å². The first-order valence-corrected chi connectivity index (χ1v) is 7.72. The number of hydrogen-bond donors (Lipinski definition) is 1. The Balaban J connectivity index is 2.06. The van der Waals surface area contributed by atoms with E-state index in [1.54, 1.807) is 11.8 Å². The van der Waals surface area contributed by atoms with E-state index in [1.165, 1.54) is 0 Å². The molecule has 1 atom stereocenters. The molecule has 1 heterocycles. The van der Waals surface area contributed by atoms with Gasteiger partial charge in [-0.3, -0.25) is 4.99 Å². The van der Waals surface area contributed by atoms with Crippen molar-refractivity contribution in [2.24, 2.45) is 10.9 Å². The van der Waals surface area contributed by atoms with Crippen LogP contribution >= 0.6 is 35.0 Å². The second kappa shape index (κ2) is 6.18. The molecule has 0 saturated carbocycles. The van der Waals surface area contributed by atoms with Crippen molar-refractivity contribution in [3.8, 4) is 0 Å². The molecular formula is C13H16Cl2N2S. The molecule has 0 spiro atoms. The van der Waals surface area contributed by atoms with Crippen LogP contribution in [0.2, 0.25) is 10.0 Å². The standard InChI is InChI=1S/C13H16Cl2N2S/c1-8(2)6-9-7-18-13(16-9)17-12-10(14)4-3-5-11(12)15/h3-5,8-9H,6-7H2,1-2H3,(H,16,17). The van der Waals surface area contributed by atoms with E-state index in [9.17, 15) is 0 Å². The smallest absolute Gasteiger partial charge is 0.161 e. The summed E-state index contributed by atoms with van der Waals surface area (Å²) in [5, 5.41) is 5.39. The van der Waals surface area contributed by atoms with E-state index in [4.69, 9.17) is 23.2 Å². The minimum Gasteiger partial charge on any atom is -0.333 e. The zero-order valence-electron chi connectivity index (χ0n) is 10.4. The largest absolute Gasteiger partial charge is 0.333 e. The highest BCUT2D eigenvalue weighted by atomic mass is 35.5. The van der Waals surface area contributed by atoms with Gasteiger partial charge in [0.05, 0.1) is 21.8 Å². The fourth-order valence-electron chi connectivity index (χ4n) is 1.87. The van der Waals surface area contributed by atoms with Crippen LogP contribution in [0.25, 0.3) is 0 Å². The fourth-order valence-corrected chi connectivity index (χ4v) is 3.32. The third-order valence-electron chi connectivity index (χ3n) is 2.65. The van der Waals surface area contributed by atoms with Crippen molar-refractivity contribution in [2.45, 2.75) is 26.3 Å². The number of para-hydroxylation sites is 1. The Labute approximate surface area is 122 Å². The number of hydrogen-bond acceptors (Lipinski definition) is 3. The number of amidine groups is 1. The van der Waals surface area contributed by atoms with Crippen molar-refractivity contribution in [3.05, 3.63) is 28.2 Å². The van der Waals surface area contributed by atoms with E-state index in [1.807, 2.05) is 18.2 Å². The number of anilines is 1. The summed E-state index contributed by atoms with van der Waals surface area (Å²) in [7, 11) is 0. The Morgan fingerprint density at radius 1 is 1.39 bits per heavy atom. The minimum absolute atomic E-state index is 0.402. The maximum absolute atomic E-state index is 6.12. The zero-order valence-corrected chi connectivity index (χ0v) is 12.7. The Morgan fingerprint density at radius 2 is 2.06 bits per heavy atom. The molecule has 2 nitrogen and oxygen atoms in total. The van der Waals surface area contributed by atoms with Crippen LogP contribution in [-0.2, 0) is 0 Å².